The number of nitrogens with one attached hydrogen (secondary N) is 1. The molecule has 2 aromatic carbocycles. The number of hydrogen-bond donors (Lipinski definition) is 1. The van der Waals surface area contributed by atoms with Crippen molar-refractivity contribution in [1.82, 2.24) is 15.1 Å². The fourth-order valence-electron chi connectivity index (χ4n) is 5.16. The van der Waals surface area contributed by atoms with Gasteiger partial charge >= 0.3 is 0 Å². The van der Waals surface area contributed by atoms with E-state index >= 15 is 0 Å². The highest BCUT2D eigenvalue weighted by molar-refractivity contribution is 6.31. The molecule has 2 fully saturated rings. The average molecular weight is 500 g/mol. The first-order valence-corrected chi connectivity index (χ1v) is 12.3. The second-order valence-electron chi connectivity index (χ2n) is 9.39. The molecule has 2 aromatic rings. The van der Waals surface area contributed by atoms with Gasteiger partial charge in [0.1, 0.15) is 24.2 Å². The van der Waals surface area contributed by atoms with Gasteiger partial charge in [-0.3, -0.25) is 24.6 Å². The molecular formula is C26H27ClFN3O4. The molecule has 2 saturated heterocycles. The lowest BCUT2D eigenvalue weighted by atomic mass is 10.0. The quantitative estimate of drug-likeness (QED) is 0.613. The number of piperidine rings is 2. The van der Waals surface area contributed by atoms with Crippen molar-refractivity contribution in [2.45, 2.75) is 57.3 Å². The Balaban J connectivity index is 1.23. The first kappa shape index (κ1) is 23.8. The second kappa shape index (κ2) is 9.95. The van der Waals surface area contributed by atoms with E-state index in [-0.39, 0.29) is 30.1 Å². The van der Waals surface area contributed by atoms with Crippen molar-refractivity contribution in [2.75, 3.05) is 13.2 Å². The SMILES string of the molecule is O=C1CCC(N2Cc3cc(OCC4CCCCN4Cc4ccc(F)cc4Cl)ccc3C2=O)C(=O)N1. The molecule has 2 atom stereocenters. The van der Waals surface area contributed by atoms with Gasteiger partial charge in [-0.15, -0.1) is 0 Å². The lowest BCUT2D eigenvalue weighted by Crippen LogP contribution is -2.52. The topological polar surface area (TPSA) is 79.0 Å². The molecule has 184 valence electrons. The smallest absolute Gasteiger partial charge is 0.255 e. The molecule has 0 bridgehead atoms. The molecule has 2 unspecified atom stereocenters. The maximum absolute atomic E-state index is 13.4. The van der Waals surface area contributed by atoms with Crippen LogP contribution in [0.2, 0.25) is 5.02 Å². The minimum Gasteiger partial charge on any atom is -0.492 e. The standard InChI is InChI=1S/C26H27ClFN3O4/c27-22-12-18(28)5-4-16(22)13-30-10-2-1-3-19(30)15-35-20-6-7-21-17(11-20)14-31(26(21)34)23-8-9-24(32)29-25(23)33/h4-7,11-12,19,23H,1-3,8-10,13-15H2,(H,29,32,33). The Bertz CT molecular complexity index is 1170. The highest BCUT2D eigenvalue weighted by Gasteiger charge is 2.39. The molecule has 0 spiro atoms. The molecule has 3 amide bonds. The maximum Gasteiger partial charge on any atom is 0.255 e. The number of benzene rings is 2. The molecule has 35 heavy (non-hydrogen) atoms. The van der Waals surface area contributed by atoms with E-state index in [1.807, 2.05) is 6.07 Å². The van der Waals surface area contributed by atoms with Gasteiger partial charge in [0.05, 0.1) is 0 Å². The van der Waals surface area contributed by atoms with Crippen LogP contribution >= 0.6 is 11.6 Å². The lowest BCUT2D eigenvalue weighted by molar-refractivity contribution is -0.136. The number of rotatable bonds is 6. The molecule has 7 nitrogen and oxygen atoms in total. The molecule has 5 rings (SSSR count). The van der Waals surface area contributed by atoms with E-state index < -0.39 is 11.9 Å². The molecule has 0 radical (unpaired) electrons. The predicted molar refractivity (Wildman–Crippen MR) is 127 cm³/mol. The highest BCUT2D eigenvalue weighted by atomic mass is 35.5. The zero-order valence-corrected chi connectivity index (χ0v) is 20.0. The third-order valence-electron chi connectivity index (χ3n) is 7.08. The van der Waals surface area contributed by atoms with Crippen molar-refractivity contribution in [3.8, 4) is 5.75 Å². The fraction of sp³-hybridized carbons (Fsp3) is 0.423. The van der Waals surface area contributed by atoms with Crippen LogP contribution in [0.1, 0.15) is 53.6 Å². The summed E-state index contributed by atoms with van der Waals surface area (Å²) >= 11 is 6.25. The summed E-state index contributed by atoms with van der Waals surface area (Å²) in [7, 11) is 0. The largest absolute Gasteiger partial charge is 0.492 e. The Morgan fingerprint density at radius 3 is 2.74 bits per heavy atom. The summed E-state index contributed by atoms with van der Waals surface area (Å²) in [5.74, 6) is -0.590. The van der Waals surface area contributed by atoms with E-state index in [0.29, 0.717) is 42.5 Å². The summed E-state index contributed by atoms with van der Waals surface area (Å²) in [5.41, 5.74) is 2.27. The number of hydrogen-bond acceptors (Lipinski definition) is 5. The molecule has 0 aromatic heterocycles. The molecule has 3 heterocycles. The van der Waals surface area contributed by atoms with Gasteiger partial charge in [0, 0.05) is 36.1 Å². The molecule has 3 aliphatic heterocycles. The van der Waals surface area contributed by atoms with Crippen LogP contribution in [0.5, 0.6) is 5.75 Å². The van der Waals surface area contributed by atoms with E-state index in [2.05, 4.69) is 10.2 Å². The summed E-state index contributed by atoms with van der Waals surface area (Å²) < 4.78 is 19.6. The molecule has 1 N–H and O–H groups in total. The van der Waals surface area contributed by atoms with E-state index in [1.54, 1.807) is 18.2 Å². The van der Waals surface area contributed by atoms with Gasteiger partial charge in [0.15, 0.2) is 0 Å². The van der Waals surface area contributed by atoms with Crippen LogP contribution in [0.4, 0.5) is 4.39 Å². The number of likely N-dealkylation sites (tertiary alicyclic amines) is 1. The van der Waals surface area contributed by atoms with Crippen molar-refractivity contribution in [1.29, 1.82) is 0 Å². The predicted octanol–water partition coefficient (Wildman–Crippen LogP) is 3.67. The van der Waals surface area contributed by atoms with E-state index in [4.69, 9.17) is 16.3 Å². The van der Waals surface area contributed by atoms with Crippen LogP contribution in [-0.4, -0.2) is 52.8 Å². The number of imide groups is 1. The maximum atomic E-state index is 13.4. The Hall–Kier alpha value is -2.97. The molecule has 0 saturated carbocycles. The second-order valence-corrected chi connectivity index (χ2v) is 9.79. The zero-order valence-electron chi connectivity index (χ0n) is 19.3. The average Bonchev–Trinajstić information content (AvgIpc) is 3.15. The van der Waals surface area contributed by atoms with Crippen molar-refractivity contribution in [3.05, 3.63) is 63.9 Å². The monoisotopic (exact) mass is 499 g/mol. The van der Waals surface area contributed by atoms with Gasteiger partial charge in [-0.05, 0) is 67.3 Å². The molecular weight excluding hydrogens is 473 g/mol. The number of halogens is 2. The first-order chi connectivity index (χ1) is 16.9. The molecule has 3 aliphatic rings. The summed E-state index contributed by atoms with van der Waals surface area (Å²) in [6.45, 7) is 2.35. The van der Waals surface area contributed by atoms with Crippen molar-refractivity contribution in [3.63, 3.8) is 0 Å². The third-order valence-corrected chi connectivity index (χ3v) is 7.43. The Morgan fingerprint density at radius 2 is 1.94 bits per heavy atom. The van der Waals surface area contributed by atoms with Gasteiger partial charge < -0.3 is 9.64 Å². The van der Waals surface area contributed by atoms with E-state index in [9.17, 15) is 18.8 Å². The van der Waals surface area contributed by atoms with Gasteiger partial charge in [-0.2, -0.15) is 0 Å². The van der Waals surface area contributed by atoms with Crippen LogP contribution in [0.3, 0.4) is 0 Å². The number of fused-ring (bicyclic) bond motifs is 1. The number of ether oxygens (including phenoxy) is 1. The van der Waals surface area contributed by atoms with Crippen molar-refractivity contribution in [2.24, 2.45) is 0 Å². The Morgan fingerprint density at radius 1 is 1.09 bits per heavy atom. The summed E-state index contributed by atoms with van der Waals surface area (Å²) in [6, 6.07) is 9.46. The van der Waals surface area contributed by atoms with E-state index in [1.165, 1.54) is 17.0 Å². The Kier molecular flexibility index (Phi) is 6.75. The molecule has 0 aliphatic carbocycles. The van der Waals surface area contributed by atoms with Crippen LogP contribution in [-0.2, 0) is 22.7 Å². The first-order valence-electron chi connectivity index (χ1n) is 12.0. The molecule has 9 heteroatoms. The number of nitrogens with zero attached hydrogens (tertiary/aromatic N) is 2. The van der Waals surface area contributed by atoms with Crippen LogP contribution in [0.25, 0.3) is 0 Å². The summed E-state index contributed by atoms with van der Waals surface area (Å²) in [4.78, 5) is 40.5. The summed E-state index contributed by atoms with van der Waals surface area (Å²) in [5, 5.41) is 2.75. The van der Waals surface area contributed by atoms with Gasteiger partial charge in [-0.1, -0.05) is 24.1 Å². The van der Waals surface area contributed by atoms with Crippen molar-refractivity contribution >= 4 is 29.3 Å². The van der Waals surface area contributed by atoms with Gasteiger partial charge in [0.25, 0.3) is 5.91 Å². The number of carbonyl (C=O) groups excluding carboxylic acids is 3. The van der Waals surface area contributed by atoms with Gasteiger partial charge in [0.2, 0.25) is 11.8 Å². The third kappa shape index (κ3) is 5.04. The van der Waals surface area contributed by atoms with Gasteiger partial charge in [-0.25, -0.2) is 4.39 Å². The normalized spacial score (nSPS) is 22.8. The minimum atomic E-state index is -0.633. The van der Waals surface area contributed by atoms with Crippen LogP contribution in [0.15, 0.2) is 36.4 Å². The number of amides is 3. The fourth-order valence-corrected chi connectivity index (χ4v) is 5.39. The lowest BCUT2D eigenvalue weighted by Gasteiger charge is -2.35. The summed E-state index contributed by atoms with van der Waals surface area (Å²) in [6.07, 6.45) is 3.76. The Labute approximate surface area is 208 Å². The number of carbonyl (C=O) groups is 3. The highest BCUT2D eigenvalue weighted by Crippen LogP contribution is 2.31. The zero-order chi connectivity index (χ0) is 24.5. The van der Waals surface area contributed by atoms with Crippen molar-refractivity contribution < 1.29 is 23.5 Å². The van der Waals surface area contributed by atoms with Crippen LogP contribution < -0.4 is 10.1 Å². The minimum absolute atomic E-state index is 0.194. The van der Waals surface area contributed by atoms with Crippen LogP contribution in [0, 0.1) is 5.82 Å². The van der Waals surface area contributed by atoms with E-state index in [0.717, 1.165) is 36.9 Å².